The summed E-state index contributed by atoms with van der Waals surface area (Å²) in [5, 5.41) is 5.04. The first-order chi connectivity index (χ1) is 14.9. The zero-order valence-corrected chi connectivity index (χ0v) is 19.3. The molecule has 1 aliphatic rings. The lowest BCUT2D eigenvalue weighted by molar-refractivity contribution is -0.143. The van der Waals surface area contributed by atoms with E-state index in [2.05, 4.69) is 16.9 Å². The van der Waals surface area contributed by atoms with Gasteiger partial charge in [0, 0.05) is 24.2 Å². The maximum atomic E-state index is 13.5. The molecular formula is C23H31ClN4O3. The van der Waals surface area contributed by atoms with Crippen molar-refractivity contribution < 1.29 is 14.3 Å². The van der Waals surface area contributed by atoms with E-state index in [1.54, 1.807) is 28.8 Å². The minimum absolute atomic E-state index is 0.113. The highest BCUT2D eigenvalue weighted by atomic mass is 35.5. The lowest BCUT2D eigenvalue weighted by Crippen LogP contribution is -2.44. The molecule has 1 saturated heterocycles. The molecule has 1 aromatic carbocycles. The van der Waals surface area contributed by atoms with E-state index < -0.39 is 0 Å². The van der Waals surface area contributed by atoms with E-state index in [-0.39, 0.29) is 18.3 Å². The molecule has 0 spiro atoms. The van der Waals surface area contributed by atoms with Crippen LogP contribution >= 0.6 is 11.6 Å². The van der Waals surface area contributed by atoms with Crippen LogP contribution in [0.2, 0.25) is 5.02 Å². The molecule has 0 aliphatic carbocycles. The van der Waals surface area contributed by atoms with Crippen molar-refractivity contribution in [3.8, 4) is 5.69 Å². The van der Waals surface area contributed by atoms with Gasteiger partial charge in [-0.1, -0.05) is 24.6 Å². The molecule has 1 amide bonds. The maximum Gasteiger partial charge on any atom is 0.307 e. The summed E-state index contributed by atoms with van der Waals surface area (Å²) < 4.78 is 6.79. The zero-order valence-electron chi connectivity index (χ0n) is 18.5. The number of ether oxygens (including phenoxy) is 1. The van der Waals surface area contributed by atoms with Crippen molar-refractivity contribution in [1.82, 2.24) is 19.6 Å². The first-order valence-corrected chi connectivity index (χ1v) is 11.3. The molecule has 1 unspecified atom stereocenters. The van der Waals surface area contributed by atoms with Crippen LogP contribution in [-0.2, 0) is 9.53 Å². The lowest BCUT2D eigenvalue weighted by Gasteiger charge is -2.30. The first kappa shape index (κ1) is 23.3. The Labute approximate surface area is 188 Å². The Bertz CT molecular complexity index is 914. The summed E-state index contributed by atoms with van der Waals surface area (Å²) in [6.45, 7) is 9.06. The van der Waals surface area contributed by atoms with Gasteiger partial charge in [0.1, 0.15) is 0 Å². The topological polar surface area (TPSA) is 67.7 Å². The van der Waals surface area contributed by atoms with E-state index >= 15 is 0 Å². The van der Waals surface area contributed by atoms with Crippen LogP contribution in [0, 0.1) is 6.92 Å². The zero-order chi connectivity index (χ0) is 22.4. The molecule has 7 nitrogen and oxygen atoms in total. The minimum Gasteiger partial charge on any atom is -0.466 e. The third-order valence-electron chi connectivity index (χ3n) is 5.81. The van der Waals surface area contributed by atoms with Crippen molar-refractivity contribution in [1.29, 1.82) is 0 Å². The summed E-state index contributed by atoms with van der Waals surface area (Å²) in [5.74, 6) is -0.400. The third-order valence-corrected chi connectivity index (χ3v) is 6.04. The van der Waals surface area contributed by atoms with Gasteiger partial charge in [0.05, 0.1) is 36.2 Å². The Morgan fingerprint density at radius 1 is 1.32 bits per heavy atom. The first-order valence-electron chi connectivity index (χ1n) is 10.9. The number of carbonyl (C=O) groups excluding carboxylic acids is 2. The molecule has 3 rings (SSSR count). The van der Waals surface area contributed by atoms with Gasteiger partial charge in [-0.05, 0) is 58.0 Å². The fourth-order valence-corrected chi connectivity index (χ4v) is 4.35. The fraction of sp³-hybridized carbons (Fsp3) is 0.522. The molecule has 0 N–H and O–H groups in total. The number of esters is 1. The van der Waals surface area contributed by atoms with Crippen LogP contribution in [-0.4, -0.2) is 70.3 Å². The molecule has 1 aliphatic heterocycles. The molecule has 1 atom stereocenters. The van der Waals surface area contributed by atoms with Gasteiger partial charge in [0.15, 0.2) is 0 Å². The molecule has 2 heterocycles. The van der Waals surface area contributed by atoms with Crippen LogP contribution in [0.3, 0.4) is 0 Å². The molecule has 1 fully saturated rings. The van der Waals surface area contributed by atoms with Crippen molar-refractivity contribution in [2.75, 3.05) is 32.8 Å². The van der Waals surface area contributed by atoms with Gasteiger partial charge >= 0.3 is 5.97 Å². The van der Waals surface area contributed by atoms with Crippen molar-refractivity contribution >= 4 is 23.5 Å². The summed E-state index contributed by atoms with van der Waals surface area (Å²) >= 11 is 6.12. The number of hydrogen-bond acceptors (Lipinski definition) is 5. The quantitative estimate of drug-likeness (QED) is 0.549. The highest BCUT2D eigenvalue weighted by Crippen LogP contribution is 2.22. The molecule has 0 radical (unpaired) electrons. The van der Waals surface area contributed by atoms with Gasteiger partial charge in [0.2, 0.25) is 0 Å². The maximum absolute atomic E-state index is 13.5. The van der Waals surface area contributed by atoms with Crippen molar-refractivity contribution in [3.05, 3.63) is 46.7 Å². The molecule has 168 valence electrons. The highest BCUT2D eigenvalue weighted by Gasteiger charge is 2.29. The Balaban J connectivity index is 1.82. The second kappa shape index (κ2) is 10.8. The van der Waals surface area contributed by atoms with E-state index in [0.717, 1.165) is 37.3 Å². The van der Waals surface area contributed by atoms with Crippen LogP contribution < -0.4 is 0 Å². The number of rotatable bonds is 9. The van der Waals surface area contributed by atoms with Crippen LogP contribution in [0.15, 0.2) is 30.5 Å². The van der Waals surface area contributed by atoms with Crippen LogP contribution in [0.4, 0.5) is 0 Å². The van der Waals surface area contributed by atoms with Crippen molar-refractivity contribution in [3.63, 3.8) is 0 Å². The third kappa shape index (κ3) is 5.66. The smallest absolute Gasteiger partial charge is 0.307 e. The Kier molecular flexibility index (Phi) is 8.09. The molecule has 1 aromatic heterocycles. The predicted octanol–water partition coefficient (Wildman–Crippen LogP) is 3.71. The number of likely N-dealkylation sites (tertiary alicyclic amines) is 1. The molecule has 0 saturated carbocycles. The number of carbonyl (C=O) groups is 2. The number of aromatic nitrogens is 2. The van der Waals surface area contributed by atoms with Crippen LogP contribution in [0.5, 0.6) is 0 Å². The number of nitrogens with zero attached hydrogens (tertiary/aromatic N) is 4. The minimum atomic E-state index is -0.287. The number of benzene rings is 1. The fourth-order valence-electron chi connectivity index (χ4n) is 4.17. The lowest BCUT2D eigenvalue weighted by atomic mass is 10.1. The molecular weight excluding hydrogens is 416 g/mol. The number of halogens is 1. The van der Waals surface area contributed by atoms with Gasteiger partial charge in [0.25, 0.3) is 5.91 Å². The molecule has 8 heteroatoms. The summed E-state index contributed by atoms with van der Waals surface area (Å²) in [4.78, 5) is 29.6. The van der Waals surface area contributed by atoms with Gasteiger partial charge in [-0.3, -0.25) is 14.5 Å². The van der Waals surface area contributed by atoms with Crippen LogP contribution in [0.25, 0.3) is 5.69 Å². The van der Waals surface area contributed by atoms with Gasteiger partial charge in [-0.15, -0.1) is 0 Å². The second-order valence-electron chi connectivity index (χ2n) is 7.77. The summed E-state index contributed by atoms with van der Waals surface area (Å²) in [6.07, 6.45) is 3.96. The van der Waals surface area contributed by atoms with Crippen molar-refractivity contribution in [2.45, 2.75) is 46.1 Å². The second-order valence-corrected chi connectivity index (χ2v) is 8.20. The van der Waals surface area contributed by atoms with E-state index in [0.29, 0.717) is 36.3 Å². The number of likely N-dealkylation sites (N-methyl/N-ethyl adjacent to an activating group) is 1. The Morgan fingerprint density at radius 2 is 2.13 bits per heavy atom. The van der Waals surface area contributed by atoms with E-state index in [1.165, 1.54) is 0 Å². The van der Waals surface area contributed by atoms with E-state index in [1.807, 2.05) is 25.1 Å². The summed E-state index contributed by atoms with van der Waals surface area (Å²) in [6, 6.07) is 7.67. The normalized spacial score (nSPS) is 16.5. The van der Waals surface area contributed by atoms with E-state index in [9.17, 15) is 9.59 Å². The summed E-state index contributed by atoms with van der Waals surface area (Å²) in [7, 11) is 0. The van der Waals surface area contributed by atoms with E-state index in [4.69, 9.17) is 16.3 Å². The van der Waals surface area contributed by atoms with Gasteiger partial charge in [-0.2, -0.15) is 5.10 Å². The molecule has 0 bridgehead atoms. The van der Waals surface area contributed by atoms with Crippen LogP contribution in [0.1, 0.15) is 49.2 Å². The SMILES string of the molecule is CCOC(=O)CCN(CC1CCCN1CC)C(=O)c1cnn(-c2cccc(Cl)c2)c1C. The molecule has 2 aromatic rings. The number of hydrogen-bond donors (Lipinski definition) is 0. The van der Waals surface area contributed by atoms with Crippen molar-refractivity contribution in [2.24, 2.45) is 0 Å². The average Bonchev–Trinajstić information content (AvgIpc) is 3.36. The standard InChI is InChI=1S/C23H31ClN4O3/c1-4-26-12-7-10-20(26)16-27(13-11-22(29)31-5-2)23(30)21-15-25-28(17(21)3)19-9-6-8-18(24)14-19/h6,8-9,14-15,20H,4-5,7,10-13,16H2,1-3H3. The predicted molar refractivity (Wildman–Crippen MR) is 121 cm³/mol. The Morgan fingerprint density at radius 3 is 2.84 bits per heavy atom. The largest absolute Gasteiger partial charge is 0.466 e. The Hall–Kier alpha value is -2.38. The van der Waals surface area contributed by atoms with Gasteiger partial charge in [-0.25, -0.2) is 4.68 Å². The summed E-state index contributed by atoms with van der Waals surface area (Å²) in [5.41, 5.74) is 2.08. The van der Waals surface area contributed by atoms with Gasteiger partial charge < -0.3 is 9.64 Å². The monoisotopic (exact) mass is 446 g/mol. The highest BCUT2D eigenvalue weighted by molar-refractivity contribution is 6.30. The number of amides is 1. The molecule has 31 heavy (non-hydrogen) atoms. The average molecular weight is 447 g/mol.